The van der Waals surface area contributed by atoms with E-state index < -0.39 is 0 Å². The Hall–Kier alpha value is -3.20. The number of hydrogen-bond donors (Lipinski definition) is 0. The quantitative estimate of drug-likeness (QED) is 0.0457. The van der Waals surface area contributed by atoms with Crippen molar-refractivity contribution < 1.29 is 14.3 Å². The van der Waals surface area contributed by atoms with E-state index in [1.807, 2.05) is 37.3 Å². The molecule has 0 bridgehead atoms. The van der Waals surface area contributed by atoms with Crippen LogP contribution in [0.2, 0.25) is 0 Å². The number of ketones is 1. The number of Topliss-reactive ketones (excluding diaryl/α,β-unsaturated/α-hetero) is 1. The maximum absolute atomic E-state index is 13.2. The summed E-state index contributed by atoms with van der Waals surface area (Å²) >= 11 is 0. The maximum atomic E-state index is 13.2. The standard InChI is InChI=1S/C47H68O3/c1-5-8-10-12-14-16-18-20-22-24-30-39-37-46(43-34-28-29-35-44(43)47(49)50-7-3)40(31-25-23-21-19-17-15-13-11-9-6-2)36-45(39)42-33-27-26-32-41(42)38(4)48/h26-29,32-37H,5-25,30-31H2,1-4H3. The predicted octanol–water partition coefficient (Wildman–Crippen LogP) is 14.3. The van der Waals surface area contributed by atoms with Crippen LogP contribution in [0.15, 0.2) is 60.7 Å². The van der Waals surface area contributed by atoms with Gasteiger partial charge in [0.25, 0.3) is 0 Å². The first-order valence-electron chi connectivity index (χ1n) is 20.5. The summed E-state index contributed by atoms with van der Waals surface area (Å²) in [6.45, 7) is 8.44. The van der Waals surface area contributed by atoms with Crippen LogP contribution in [0.3, 0.4) is 0 Å². The van der Waals surface area contributed by atoms with Crippen molar-refractivity contribution in [2.75, 3.05) is 6.61 Å². The minimum Gasteiger partial charge on any atom is -0.462 e. The second kappa shape index (κ2) is 24.9. The Balaban J connectivity index is 1.89. The highest BCUT2D eigenvalue weighted by Crippen LogP contribution is 2.37. The molecule has 0 fully saturated rings. The van der Waals surface area contributed by atoms with Gasteiger partial charge in [-0.05, 0) is 79.0 Å². The van der Waals surface area contributed by atoms with E-state index in [0.717, 1.165) is 47.9 Å². The molecule has 0 spiro atoms. The Kier molecular flexibility index (Phi) is 20.5. The first-order chi connectivity index (χ1) is 24.5. The number of rotatable bonds is 27. The highest BCUT2D eigenvalue weighted by Gasteiger charge is 2.20. The first-order valence-corrected chi connectivity index (χ1v) is 20.5. The number of benzene rings is 3. The molecule has 0 heterocycles. The van der Waals surface area contributed by atoms with Gasteiger partial charge in [-0.2, -0.15) is 0 Å². The van der Waals surface area contributed by atoms with Crippen LogP contribution in [0.1, 0.15) is 188 Å². The molecule has 3 rings (SSSR count). The van der Waals surface area contributed by atoms with Crippen molar-refractivity contribution in [3.05, 3.63) is 82.9 Å². The van der Waals surface area contributed by atoms with Crippen molar-refractivity contribution in [2.45, 2.75) is 169 Å². The third kappa shape index (κ3) is 14.2. The summed E-state index contributed by atoms with van der Waals surface area (Å²) in [7, 11) is 0. The topological polar surface area (TPSA) is 43.4 Å². The Bertz CT molecular complexity index is 1400. The summed E-state index contributed by atoms with van der Waals surface area (Å²) in [5.41, 5.74) is 8.20. The second-order valence-corrected chi connectivity index (χ2v) is 14.4. The number of aryl methyl sites for hydroxylation is 2. The van der Waals surface area contributed by atoms with Gasteiger partial charge in [0.1, 0.15) is 0 Å². The third-order valence-corrected chi connectivity index (χ3v) is 10.2. The highest BCUT2D eigenvalue weighted by atomic mass is 16.5. The molecule has 0 N–H and O–H groups in total. The second-order valence-electron chi connectivity index (χ2n) is 14.4. The van der Waals surface area contributed by atoms with Crippen molar-refractivity contribution in [3.8, 4) is 22.3 Å². The van der Waals surface area contributed by atoms with Crippen molar-refractivity contribution >= 4 is 11.8 Å². The molecule has 0 amide bonds. The molecule has 0 atom stereocenters. The molecule has 0 aliphatic heterocycles. The molecule has 0 aliphatic rings. The number of esters is 1. The number of hydrogen-bond acceptors (Lipinski definition) is 3. The molecular weight excluding hydrogens is 613 g/mol. The lowest BCUT2D eigenvalue weighted by atomic mass is 9.84. The first kappa shape index (κ1) is 41.2. The summed E-state index contributed by atoms with van der Waals surface area (Å²) in [5, 5.41) is 0. The van der Waals surface area contributed by atoms with Gasteiger partial charge in [0.2, 0.25) is 0 Å². The van der Waals surface area contributed by atoms with Crippen molar-refractivity contribution in [3.63, 3.8) is 0 Å². The van der Waals surface area contributed by atoms with Gasteiger partial charge < -0.3 is 4.74 Å². The van der Waals surface area contributed by atoms with Gasteiger partial charge in [-0.3, -0.25) is 4.79 Å². The van der Waals surface area contributed by atoms with Crippen molar-refractivity contribution in [1.29, 1.82) is 0 Å². The fraction of sp³-hybridized carbons (Fsp3) is 0.574. The van der Waals surface area contributed by atoms with Crippen LogP contribution in [0.5, 0.6) is 0 Å². The van der Waals surface area contributed by atoms with Crippen LogP contribution in [0.4, 0.5) is 0 Å². The van der Waals surface area contributed by atoms with Crippen LogP contribution in [-0.4, -0.2) is 18.4 Å². The van der Waals surface area contributed by atoms with Crippen LogP contribution in [0.25, 0.3) is 22.3 Å². The highest BCUT2D eigenvalue weighted by molar-refractivity contribution is 6.02. The molecule has 50 heavy (non-hydrogen) atoms. The van der Waals surface area contributed by atoms with Gasteiger partial charge in [0, 0.05) is 5.56 Å². The zero-order valence-corrected chi connectivity index (χ0v) is 32.3. The van der Waals surface area contributed by atoms with Gasteiger partial charge >= 0.3 is 5.97 Å². The lowest BCUT2D eigenvalue weighted by molar-refractivity contribution is 0.0527. The minimum atomic E-state index is -0.268. The lowest BCUT2D eigenvalue weighted by Gasteiger charge is -2.20. The number of unbranched alkanes of at least 4 members (excludes halogenated alkanes) is 18. The van der Waals surface area contributed by atoms with E-state index in [1.54, 1.807) is 6.92 Å². The molecule has 3 aromatic carbocycles. The van der Waals surface area contributed by atoms with Crippen molar-refractivity contribution in [1.82, 2.24) is 0 Å². The van der Waals surface area contributed by atoms with E-state index in [0.29, 0.717) is 12.2 Å². The molecule has 0 saturated heterocycles. The zero-order valence-electron chi connectivity index (χ0n) is 32.3. The minimum absolute atomic E-state index is 0.0958. The predicted molar refractivity (Wildman–Crippen MR) is 214 cm³/mol. The average Bonchev–Trinajstić information content (AvgIpc) is 3.13. The monoisotopic (exact) mass is 681 g/mol. The zero-order chi connectivity index (χ0) is 35.8. The molecule has 0 radical (unpaired) electrons. The van der Waals surface area contributed by atoms with Gasteiger partial charge in [-0.1, -0.05) is 184 Å². The summed E-state index contributed by atoms with van der Waals surface area (Å²) in [6, 6.07) is 20.8. The third-order valence-electron chi connectivity index (χ3n) is 10.2. The summed E-state index contributed by atoms with van der Waals surface area (Å²) in [6.07, 6.45) is 27.8. The molecular formula is C47H68O3. The Morgan fingerprint density at radius 2 is 0.820 bits per heavy atom. The normalized spacial score (nSPS) is 11.2. The van der Waals surface area contributed by atoms with E-state index in [4.69, 9.17) is 4.74 Å². The van der Waals surface area contributed by atoms with Crippen LogP contribution < -0.4 is 0 Å². The summed E-state index contributed by atoms with van der Waals surface area (Å²) in [5.74, 6) is -0.173. The molecule has 0 saturated carbocycles. The Morgan fingerprint density at radius 1 is 0.460 bits per heavy atom. The van der Waals surface area contributed by atoms with Gasteiger partial charge in [-0.25, -0.2) is 4.79 Å². The molecule has 3 aromatic rings. The lowest BCUT2D eigenvalue weighted by Crippen LogP contribution is -2.08. The largest absolute Gasteiger partial charge is 0.462 e. The van der Waals surface area contributed by atoms with Crippen LogP contribution in [-0.2, 0) is 17.6 Å². The van der Waals surface area contributed by atoms with Crippen molar-refractivity contribution in [2.24, 2.45) is 0 Å². The summed E-state index contributed by atoms with van der Waals surface area (Å²) in [4.78, 5) is 26.1. The van der Waals surface area contributed by atoms with Crippen LogP contribution in [0, 0.1) is 0 Å². The summed E-state index contributed by atoms with van der Waals surface area (Å²) < 4.78 is 5.52. The maximum Gasteiger partial charge on any atom is 0.338 e. The van der Waals surface area contributed by atoms with E-state index >= 15 is 0 Å². The fourth-order valence-electron chi connectivity index (χ4n) is 7.34. The van der Waals surface area contributed by atoms with E-state index in [9.17, 15) is 9.59 Å². The Morgan fingerprint density at radius 3 is 1.22 bits per heavy atom. The van der Waals surface area contributed by atoms with Gasteiger partial charge in [-0.15, -0.1) is 0 Å². The molecule has 0 unspecified atom stereocenters. The van der Waals surface area contributed by atoms with E-state index in [2.05, 4.69) is 44.2 Å². The SMILES string of the molecule is CCCCCCCCCCCCc1cc(-c2ccccc2C(=O)OCC)c(CCCCCCCCCCCC)cc1-c1ccccc1C(C)=O. The van der Waals surface area contributed by atoms with E-state index in [1.165, 1.54) is 132 Å². The smallest absolute Gasteiger partial charge is 0.338 e. The van der Waals surface area contributed by atoms with Gasteiger partial charge in [0.05, 0.1) is 12.2 Å². The average molecular weight is 681 g/mol. The van der Waals surface area contributed by atoms with Crippen LogP contribution >= 0.6 is 0 Å². The number of carbonyl (C=O) groups is 2. The molecule has 274 valence electrons. The number of ether oxygens (including phenoxy) is 1. The van der Waals surface area contributed by atoms with Gasteiger partial charge in [0.15, 0.2) is 5.78 Å². The molecule has 0 aliphatic carbocycles. The van der Waals surface area contributed by atoms with E-state index in [-0.39, 0.29) is 11.8 Å². The fourth-order valence-corrected chi connectivity index (χ4v) is 7.34. The number of carbonyl (C=O) groups excluding carboxylic acids is 2. The molecule has 3 heteroatoms. The Labute approximate surface area is 306 Å². The molecule has 0 aromatic heterocycles. The molecule has 3 nitrogen and oxygen atoms in total.